The summed E-state index contributed by atoms with van der Waals surface area (Å²) in [5.74, 6) is 0.521. The number of halogens is 1. The minimum atomic E-state index is 0.521. The van der Waals surface area contributed by atoms with Gasteiger partial charge >= 0.3 is 0 Å². The Kier molecular flexibility index (Phi) is 3.97. The van der Waals surface area contributed by atoms with E-state index in [1.54, 1.807) is 0 Å². The molecule has 0 aliphatic carbocycles. The zero-order valence-electron chi connectivity index (χ0n) is 7.81. The minimum absolute atomic E-state index is 0.521. The lowest BCUT2D eigenvalue weighted by Crippen LogP contribution is -1.98. The molecule has 1 N–H and O–H groups in total. The Morgan fingerprint density at radius 1 is 1.46 bits per heavy atom. The summed E-state index contributed by atoms with van der Waals surface area (Å²) in [6.07, 6.45) is 1.86. The molecule has 0 saturated carbocycles. The highest BCUT2D eigenvalue weighted by Crippen LogP contribution is 2.10. The third-order valence-electron chi connectivity index (χ3n) is 1.93. The van der Waals surface area contributed by atoms with Crippen LogP contribution in [0.15, 0.2) is 24.3 Å². The van der Waals surface area contributed by atoms with Crippen LogP contribution in [0.2, 0.25) is 0 Å². The number of hydrogen-bond donors (Lipinski definition) is 1. The second kappa shape index (κ2) is 5.03. The SMILES string of the molecule is CCCC(=N)c1cccc(CCl)c1. The fraction of sp³-hybridized carbons (Fsp3) is 0.364. The molecule has 2 heteroatoms. The van der Waals surface area contributed by atoms with E-state index in [0.29, 0.717) is 11.6 Å². The van der Waals surface area contributed by atoms with Crippen LogP contribution in [-0.2, 0) is 5.88 Å². The third kappa shape index (κ3) is 2.85. The van der Waals surface area contributed by atoms with Gasteiger partial charge in [-0.25, -0.2) is 0 Å². The van der Waals surface area contributed by atoms with Gasteiger partial charge < -0.3 is 5.41 Å². The molecule has 0 unspecified atom stereocenters. The lowest BCUT2D eigenvalue weighted by atomic mass is 10.0. The number of rotatable bonds is 4. The van der Waals surface area contributed by atoms with Crippen molar-refractivity contribution in [3.8, 4) is 0 Å². The summed E-state index contributed by atoms with van der Waals surface area (Å²) < 4.78 is 0. The zero-order chi connectivity index (χ0) is 9.68. The molecular formula is C11H14ClN. The number of benzene rings is 1. The van der Waals surface area contributed by atoms with Crippen LogP contribution in [0.3, 0.4) is 0 Å². The molecule has 0 atom stereocenters. The third-order valence-corrected chi connectivity index (χ3v) is 2.24. The molecule has 0 aliphatic heterocycles. The second-order valence-electron chi connectivity index (χ2n) is 3.06. The maximum atomic E-state index is 7.76. The van der Waals surface area contributed by atoms with Crippen LogP contribution in [0.4, 0.5) is 0 Å². The predicted molar refractivity (Wildman–Crippen MR) is 57.7 cm³/mol. The van der Waals surface area contributed by atoms with E-state index in [1.807, 2.05) is 24.3 Å². The standard InChI is InChI=1S/C11H14ClN/c1-2-4-11(13)10-6-3-5-9(7-10)8-12/h3,5-7,13H,2,4,8H2,1H3. The Morgan fingerprint density at radius 2 is 2.23 bits per heavy atom. The van der Waals surface area contributed by atoms with Gasteiger partial charge in [0.15, 0.2) is 0 Å². The summed E-state index contributed by atoms with van der Waals surface area (Å²) in [7, 11) is 0. The highest BCUT2D eigenvalue weighted by molar-refractivity contribution is 6.17. The van der Waals surface area contributed by atoms with Gasteiger partial charge in [0.25, 0.3) is 0 Å². The molecule has 70 valence electrons. The van der Waals surface area contributed by atoms with E-state index in [2.05, 4.69) is 6.92 Å². The van der Waals surface area contributed by atoms with Crippen LogP contribution in [-0.4, -0.2) is 5.71 Å². The summed E-state index contributed by atoms with van der Waals surface area (Å²) in [5.41, 5.74) is 2.79. The molecular weight excluding hydrogens is 182 g/mol. The maximum absolute atomic E-state index is 7.76. The largest absolute Gasteiger partial charge is 0.305 e. The van der Waals surface area contributed by atoms with E-state index in [-0.39, 0.29) is 0 Å². The molecule has 0 aliphatic rings. The molecule has 1 rings (SSSR count). The van der Waals surface area contributed by atoms with E-state index in [0.717, 1.165) is 24.0 Å². The van der Waals surface area contributed by atoms with Crippen molar-refractivity contribution < 1.29 is 0 Å². The Labute approximate surface area is 84.2 Å². The van der Waals surface area contributed by atoms with E-state index in [4.69, 9.17) is 17.0 Å². The van der Waals surface area contributed by atoms with E-state index >= 15 is 0 Å². The summed E-state index contributed by atoms with van der Waals surface area (Å²) in [4.78, 5) is 0. The molecule has 0 radical (unpaired) electrons. The summed E-state index contributed by atoms with van der Waals surface area (Å²) in [5, 5.41) is 7.76. The van der Waals surface area contributed by atoms with Gasteiger partial charge in [-0.2, -0.15) is 0 Å². The van der Waals surface area contributed by atoms with Crippen LogP contribution < -0.4 is 0 Å². The number of hydrogen-bond acceptors (Lipinski definition) is 1. The number of alkyl halides is 1. The van der Waals surface area contributed by atoms with Crippen molar-refractivity contribution in [3.05, 3.63) is 35.4 Å². The van der Waals surface area contributed by atoms with Crippen molar-refractivity contribution in [1.82, 2.24) is 0 Å². The molecule has 0 spiro atoms. The van der Waals surface area contributed by atoms with E-state index < -0.39 is 0 Å². The quantitative estimate of drug-likeness (QED) is 0.561. The highest BCUT2D eigenvalue weighted by atomic mass is 35.5. The molecule has 1 aromatic rings. The van der Waals surface area contributed by atoms with Crippen LogP contribution in [0.1, 0.15) is 30.9 Å². The molecule has 0 saturated heterocycles. The Bertz CT molecular complexity index is 294. The molecule has 0 heterocycles. The minimum Gasteiger partial charge on any atom is -0.305 e. The summed E-state index contributed by atoms with van der Waals surface area (Å²) in [6, 6.07) is 7.89. The van der Waals surface area contributed by atoms with Gasteiger partial charge in [-0.1, -0.05) is 31.5 Å². The Morgan fingerprint density at radius 3 is 2.85 bits per heavy atom. The van der Waals surface area contributed by atoms with Crippen molar-refractivity contribution in [1.29, 1.82) is 5.41 Å². The van der Waals surface area contributed by atoms with Gasteiger partial charge in [0.05, 0.1) is 0 Å². The van der Waals surface area contributed by atoms with Gasteiger partial charge in [0.1, 0.15) is 0 Å². The smallest absolute Gasteiger partial charge is 0.0474 e. The summed E-state index contributed by atoms with van der Waals surface area (Å²) >= 11 is 5.71. The fourth-order valence-electron chi connectivity index (χ4n) is 1.24. The molecule has 0 bridgehead atoms. The Hall–Kier alpha value is -0.820. The Balaban J connectivity index is 2.82. The molecule has 0 amide bonds. The van der Waals surface area contributed by atoms with Gasteiger partial charge in [-0.05, 0) is 23.6 Å². The number of nitrogens with one attached hydrogen (secondary N) is 1. The normalized spacial score (nSPS) is 10.0. The average molecular weight is 196 g/mol. The van der Waals surface area contributed by atoms with Gasteiger partial charge in [0, 0.05) is 11.6 Å². The molecule has 1 aromatic carbocycles. The van der Waals surface area contributed by atoms with Crippen LogP contribution in [0, 0.1) is 5.41 Å². The van der Waals surface area contributed by atoms with Crippen LogP contribution in [0.5, 0.6) is 0 Å². The first-order chi connectivity index (χ1) is 6.27. The van der Waals surface area contributed by atoms with Crippen molar-refractivity contribution >= 4 is 17.3 Å². The summed E-state index contributed by atoms with van der Waals surface area (Å²) in [6.45, 7) is 2.08. The molecule has 13 heavy (non-hydrogen) atoms. The predicted octanol–water partition coefficient (Wildman–Crippen LogP) is 3.59. The van der Waals surface area contributed by atoms with Crippen molar-refractivity contribution in [2.75, 3.05) is 0 Å². The van der Waals surface area contributed by atoms with Gasteiger partial charge in [-0.3, -0.25) is 0 Å². The highest BCUT2D eigenvalue weighted by Gasteiger charge is 2.00. The average Bonchev–Trinajstić information content (AvgIpc) is 2.18. The first kappa shape index (κ1) is 10.3. The van der Waals surface area contributed by atoms with Gasteiger partial charge in [0.2, 0.25) is 0 Å². The zero-order valence-corrected chi connectivity index (χ0v) is 8.56. The monoisotopic (exact) mass is 195 g/mol. The lowest BCUT2D eigenvalue weighted by molar-refractivity contribution is 0.986. The fourth-order valence-corrected chi connectivity index (χ4v) is 1.40. The van der Waals surface area contributed by atoms with Crippen molar-refractivity contribution in [2.24, 2.45) is 0 Å². The van der Waals surface area contributed by atoms with Crippen molar-refractivity contribution in [2.45, 2.75) is 25.6 Å². The maximum Gasteiger partial charge on any atom is 0.0474 e. The second-order valence-corrected chi connectivity index (χ2v) is 3.33. The van der Waals surface area contributed by atoms with Crippen molar-refractivity contribution in [3.63, 3.8) is 0 Å². The molecule has 1 nitrogen and oxygen atoms in total. The molecule has 0 aromatic heterocycles. The first-order valence-corrected chi connectivity index (χ1v) is 5.04. The van der Waals surface area contributed by atoms with E-state index in [1.165, 1.54) is 0 Å². The van der Waals surface area contributed by atoms with Gasteiger partial charge in [-0.15, -0.1) is 11.6 Å². The van der Waals surface area contributed by atoms with Crippen LogP contribution >= 0.6 is 11.6 Å². The topological polar surface area (TPSA) is 23.9 Å². The molecule has 0 fully saturated rings. The van der Waals surface area contributed by atoms with Crippen LogP contribution in [0.25, 0.3) is 0 Å². The lowest BCUT2D eigenvalue weighted by Gasteiger charge is -2.03. The van der Waals surface area contributed by atoms with E-state index in [9.17, 15) is 0 Å². The first-order valence-electron chi connectivity index (χ1n) is 4.50.